The van der Waals surface area contributed by atoms with Gasteiger partial charge in [-0.2, -0.15) is 0 Å². The van der Waals surface area contributed by atoms with E-state index in [0.29, 0.717) is 33.7 Å². The number of carbonyl (C=O) groups is 2. The molecule has 0 N–H and O–H groups in total. The van der Waals surface area contributed by atoms with Crippen LogP contribution in [0.2, 0.25) is 5.02 Å². The van der Waals surface area contributed by atoms with Gasteiger partial charge in [0, 0.05) is 10.6 Å². The minimum Gasteiger partial charge on any atom is -0.493 e. The minimum absolute atomic E-state index is 0.296. The number of thioether (sulfide) groups is 1. The van der Waals surface area contributed by atoms with Gasteiger partial charge in [0.05, 0.1) is 17.7 Å². The van der Waals surface area contributed by atoms with Crippen molar-refractivity contribution in [2.24, 2.45) is 0 Å². The number of para-hydroxylation sites is 1. The number of hydrogen-bond acceptors (Lipinski definition) is 5. The summed E-state index contributed by atoms with van der Waals surface area (Å²) in [5, 5.41) is 0.315. The zero-order chi connectivity index (χ0) is 22.7. The van der Waals surface area contributed by atoms with Crippen molar-refractivity contribution in [1.82, 2.24) is 0 Å². The third-order valence-corrected chi connectivity index (χ3v) is 6.21. The van der Waals surface area contributed by atoms with Crippen LogP contribution in [0.3, 0.4) is 0 Å². The lowest BCUT2D eigenvalue weighted by Crippen LogP contribution is -2.28. The highest BCUT2D eigenvalue weighted by molar-refractivity contribution is 8.19. The number of nitrogens with zero attached hydrogens (tertiary/aromatic N) is 1. The number of anilines is 1. The average molecular weight is 466 g/mol. The molecule has 7 heteroatoms. The minimum atomic E-state index is -0.340. The van der Waals surface area contributed by atoms with Gasteiger partial charge in [-0.05, 0) is 60.2 Å². The van der Waals surface area contributed by atoms with E-state index in [0.717, 1.165) is 28.5 Å². The molecule has 0 radical (unpaired) electrons. The summed E-state index contributed by atoms with van der Waals surface area (Å²) in [4.78, 5) is 27.0. The van der Waals surface area contributed by atoms with E-state index in [1.165, 1.54) is 4.90 Å². The Balaban J connectivity index is 1.55. The molecule has 1 fully saturated rings. The number of ether oxygens (including phenoxy) is 2. The first kappa shape index (κ1) is 22.0. The first-order chi connectivity index (χ1) is 15.5. The van der Waals surface area contributed by atoms with E-state index in [1.807, 2.05) is 55.5 Å². The van der Waals surface area contributed by atoms with Gasteiger partial charge in [0.15, 0.2) is 11.5 Å². The van der Waals surface area contributed by atoms with Gasteiger partial charge < -0.3 is 9.47 Å². The van der Waals surface area contributed by atoms with Gasteiger partial charge >= 0.3 is 0 Å². The number of imide groups is 1. The summed E-state index contributed by atoms with van der Waals surface area (Å²) in [6.45, 7) is 2.17. The van der Waals surface area contributed by atoms with E-state index in [1.54, 1.807) is 31.4 Å². The van der Waals surface area contributed by atoms with Crippen LogP contribution in [-0.4, -0.2) is 18.3 Å². The predicted octanol–water partition coefficient (Wildman–Crippen LogP) is 6.48. The summed E-state index contributed by atoms with van der Waals surface area (Å²) in [5.41, 5.74) is 3.05. The molecule has 0 atom stereocenters. The second kappa shape index (κ2) is 9.51. The number of halogens is 1. The van der Waals surface area contributed by atoms with Crippen LogP contribution in [0.4, 0.5) is 10.5 Å². The quantitative estimate of drug-likeness (QED) is 0.390. The van der Waals surface area contributed by atoms with E-state index < -0.39 is 0 Å². The summed E-state index contributed by atoms with van der Waals surface area (Å²) in [5.74, 6) is 0.730. The highest BCUT2D eigenvalue weighted by Crippen LogP contribution is 2.38. The van der Waals surface area contributed by atoms with E-state index in [-0.39, 0.29) is 11.1 Å². The lowest BCUT2D eigenvalue weighted by Gasteiger charge is -2.14. The van der Waals surface area contributed by atoms with Crippen LogP contribution in [0.1, 0.15) is 16.7 Å². The fourth-order valence-corrected chi connectivity index (χ4v) is 4.33. The average Bonchev–Trinajstić information content (AvgIpc) is 3.06. The molecule has 0 bridgehead atoms. The molecule has 0 unspecified atom stereocenters. The lowest BCUT2D eigenvalue weighted by molar-refractivity contribution is -0.113. The molecule has 1 aliphatic rings. The third-order valence-electron chi connectivity index (χ3n) is 4.98. The molecule has 4 rings (SSSR count). The molecule has 3 aromatic rings. The number of carbonyl (C=O) groups excluding carboxylic acids is 2. The first-order valence-corrected chi connectivity index (χ1v) is 11.0. The maximum Gasteiger partial charge on any atom is 0.298 e. The third kappa shape index (κ3) is 4.52. The van der Waals surface area contributed by atoms with Crippen LogP contribution in [0.25, 0.3) is 6.08 Å². The Bertz CT molecular complexity index is 1220. The highest BCUT2D eigenvalue weighted by Gasteiger charge is 2.36. The van der Waals surface area contributed by atoms with Crippen LogP contribution in [0.5, 0.6) is 11.5 Å². The molecule has 1 heterocycles. The van der Waals surface area contributed by atoms with Gasteiger partial charge in [0.2, 0.25) is 0 Å². The van der Waals surface area contributed by atoms with E-state index in [2.05, 4.69) is 0 Å². The largest absolute Gasteiger partial charge is 0.493 e. The predicted molar refractivity (Wildman–Crippen MR) is 128 cm³/mol. The summed E-state index contributed by atoms with van der Waals surface area (Å²) in [6.07, 6.45) is 1.68. The van der Waals surface area contributed by atoms with Crippen molar-refractivity contribution in [3.8, 4) is 11.5 Å². The van der Waals surface area contributed by atoms with Gasteiger partial charge in [-0.25, -0.2) is 4.90 Å². The van der Waals surface area contributed by atoms with Crippen LogP contribution < -0.4 is 14.4 Å². The van der Waals surface area contributed by atoms with E-state index in [4.69, 9.17) is 21.1 Å². The van der Waals surface area contributed by atoms with Gasteiger partial charge in [0.1, 0.15) is 6.61 Å². The van der Waals surface area contributed by atoms with Gasteiger partial charge in [0.25, 0.3) is 11.1 Å². The zero-order valence-corrected chi connectivity index (χ0v) is 19.1. The molecule has 0 spiro atoms. The zero-order valence-electron chi connectivity index (χ0n) is 17.5. The first-order valence-electron chi connectivity index (χ1n) is 9.86. The second-order valence-electron chi connectivity index (χ2n) is 7.09. The smallest absolute Gasteiger partial charge is 0.298 e. The lowest BCUT2D eigenvalue weighted by atomic mass is 10.1. The number of methoxy groups -OCH3 is 1. The van der Waals surface area contributed by atoms with Gasteiger partial charge in [-0.1, -0.05) is 54.1 Å². The summed E-state index contributed by atoms with van der Waals surface area (Å²) in [6, 6.07) is 20.1. The Hall–Kier alpha value is -3.22. The van der Waals surface area contributed by atoms with Crippen LogP contribution in [0.15, 0.2) is 71.6 Å². The summed E-state index contributed by atoms with van der Waals surface area (Å²) in [7, 11) is 1.55. The second-order valence-corrected chi connectivity index (χ2v) is 8.49. The Morgan fingerprint density at radius 3 is 2.50 bits per heavy atom. The van der Waals surface area contributed by atoms with Crippen molar-refractivity contribution in [3.05, 3.63) is 93.3 Å². The molecule has 0 aliphatic carbocycles. The molecule has 2 amide bonds. The molecular formula is C25H20ClNO4S. The molecule has 1 aliphatic heterocycles. The number of hydrogen-bond donors (Lipinski definition) is 0. The fourth-order valence-electron chi connectivity index (χ4n) is 3.31. The van der Waals surface area contributed by atoms with Gasteiger partial charge in [-0.15, -0.1) is 0 Å². The Labute approximate surface area is 195 Å². The topological polar surface area (TPSA) is 55.8 Å². The molecule has 0 saturated carbocycles. The van der Waals surface area contributed by atoms with Crippen LogP contribution in [-0.2, 0) is 11.4 Å². The molecule has 1 saturated heterocycles. The molecule has 162 valence electrons. The highest BCUT2D eigenvalue weighted by atomic mass is 35.5. The van der Waals surface area contributed by atoms with E-state index in [9.17, 15) is 9.59 Å². The summed E-state index contributed by atoms with van der Waals surface area (Å²) < 4.78 is 11.3. The maximum atomic E-state index is 12.9. The standard InChI is InChI=1S/C25H20ClNO4S/c1-16-7-3-6-10-20(16)27-24(28)23(32-25(27)29)14-17-11-12-21(22(13-17)30-2)31-15-18-8-4-5-9-19(18)26/h3-14H,15H2,1-2H3/b23-14-. The van der Waals surface area contributed by atoms with Crippen molar-refractivity contribution >= 4 is 46.3 Å². The number of benzene rings is 3. The molecule has 32 heavy (non-hydrogen) atoms. The molecular weight excluding hydrogens is 446 g/mol. The van der Waals surface area contributed by atoms with Crippen molar-refractivity contribution in [3.63, 3.8) is 0 Å². The Morgan fingerprint density at radius 1 is 1.00 bits per heavy atom. The van der Waals surface area contributed by atoms with Crippen molar-refractivity contribution in [2.45, 2.75) is 13.5 Å². The van der Waals surface area contributed by atoms with Crippen molar-refractivity contribution in [2.75, 3.05) is 12.0 Å². The van der Waals surface area contributed by atoms with Crippen molar-refractivity contribution < 1.29 is 19.1 Å². The van der Waals surface area contributed by atoms with Crippen molar-refractivity contribution in [1.29, 1.82) is 0 Å². The van der Waals surface area contributed by atoms with E-state index >= 15 is 0 Å². The fraction of sp³-hybridized carbons (Fsp3) is 0.120. The number of aryl methyl sites for hydroxylation is 1. The molecule has 3 aromatic carbocycles. The number of amides is 2. The molecule has 5 nitrogen and oxygen atoms in total. The normalized spacial score (nSPS) is 14.8. The van der Waals surface area contributed by atoms with Crippen LogP contribution >= 0.6 is 23.4 Å². The Morgan fingerprint density at radius 2 is 1.75 bits per heavy atom. The number of rotatable bonds is 6. The molecule has 0 aromatic heterocycles. The monoisotopic (exact) mass is 465 g/mol. The Kier molecular flexibility index (Phi) is 6.53. The van der Waals surface area contributed by atoms with Gasteiger partial charge in [-0.3, -0.25) is 9.59 Å². The maximum absolute atomic E-state index is 12.9. The van der Waals surface area contributed by atoms with Crippen LogP contribution in [0, 0.1) is 6.92 Å². The summed E-state index contributed by atoms with van der Waals surface area (Å²) >= 11 is 7.11. The SMILES string of the molecule is COc1cc(/C=C2\SC(=O)N(c3ccccc3C)C2=O)ccc1OCc1ccccc1Cl.